The van der Waals surface area contributed by atoms with E-state index < -0.39 is 21.4 Å². The van der Waals surface area contributed by atoms with E-state index in [2.05, 4.69) is 43.5 Å². The quantitative estimate of drug-likeness (QED) is 0.710. The van der Waals surface area contributed by atoms with Gasteiger partial charge >= 0.3 is 0 Å². The highest BCUT2D eigenvalue weighted by Gasteiger charge is 2.38. The van der Waals surface area contributed by atoms with Crippen molar-refractivity contribution >= 4 is 41.9 Å². The van der Waals surface area contributed by atoms with Crippen molar-refractivity contribution in [1.82, 2.24) is 4.72 Å². The smallest absolute Gasteiger partial charge is 0.207 e. The number of nitrogens with one attached hydrogen (secondary N) is 1. The van der Waals surface area contributed by atoms with Crippen LogP contribution in [0.4, 0.5) is 4.39 Å². The van der Waals surface area contributed by atoms with Crippen LogP contribution >= 0.6 is 31.9 Å². The molecule has 0 bridgehead atoms. The van der Waals surface area contributed by atoms with Crippen LogP contribution < -0.4 is 4.72 Å². The Bertz CT molecular complexity index is 623. The van der Waals surface area contributed by atoms with Gasteiger partial charge in [0.25, 0.3) is 0 Å². The molecule has 0 spiro atoms. The molecule has 1 fully saturated rings. The first-order valence-electron chi connectivity index (χ1n) is 6.83. The van der Waals surface area contributed by atoms with Crippen molar-refractivity contribution in [3.8, 4) is 0 Å². The van der Waals surface area contributed by atoms with Gasteiger partial charge in [0.1, 0.15) is 10.7 Å². The maximum atomic E-state index is 13.9. The van der Waals surface area contributed by atoms with Gasteiger partial charge in [0.05, 0.1) is 0 Å². The molecule has 1 aromatic carbocycles. The van der Waals surface area contributed by atoms with Crippen LogP contribution in [0.15, 0.2) is 27.6 Å². The second kappa shape index (κ2) is 6.64. The first-order chi connectivity index (χ1) is 9.78. The maximum absolute atomic E-state index is 13.9. The van der Waals surface area contributed by atoms with E-state index in [0.29, 0.717) is 15.7 Å². The summed E-state index contributed by atoms with van der Waals surface area (Å²) < 4.78 is 42.2. The van der Waals surface area contributed by atoms with Crippen molar-refractivity contribution in [2.75, 3.05) is 5.33 Å². The molecular formula is C14H18Br2FNO2S. The molecule has 1 N–H and O–H groups in total. The van der Waals surface area contributed by atoms with Crippen molar-refractivity contribution in [3.05, 3.63) is 28.5 Å². The molecule has 1 aromatic rings. The van der Waals surface area contributed by atoms with E-state index in [9.17, 15) is 12.8 Å². The van der Waals surface area contributed by atoms with Crippen molar-refractivity contribution < 1.29 is 12.8 Å². The minimum absolute atomic E-state index is 0.302. The molecule has 2 rings (SSSR count). The molecule has 0 amide bonds. The van der Waals surface area contributed by atoms with Gasteiger partial charge in [-0.25, -0.2) is 17.5 Å². The zero-order valence-electron chi connectivity index (χ0n) is 11.7. The minimum Gasteiger partial charge on any atom is -0.207 e. The Morgan fingerprint density at radius 1 is 1.48 bits per heavy atom. The van der Waals surface area contributed by atoms with E-state index in [-0.39, 0.29) is 4.90 Å². The van der Waals surface area contributed by atoms with Gasteiger partial charge in [-0.05, 0) is 37.0 Å². The molecule has 2 atom stereocenters. The molecule has 2 unspecified atom stereocenters. The fraction of sp³-hybridized carbons (Fsp3) is 0.571. The molecule has 7 heteroatoms. The molecule has 0 radical (unpaired) electrons. The summed E-state index contributed by atoms with van der Waals surface area (Å²) in [5.41, 5.74) is -0.532. The van der Waals surface area contributed by atoms with Gasteiger partial charge in [-0.15, -0.1) is 0 Å². The first kappa shape index (κ1) is 17.4. The van der Waals surface area contributed by atoms with Crippen LogP contribution in [0.5, 0.6) is 0 Å². The molecule has 1 aliphatic carbocycles. The normalized spacial score (nSPS) is 26.8. The Hall–Kier alpha value is 0.0200. The zero-order chi connectivity index (χ0) is 15.7. The molecule has 0 aromatic heterocycles. The standard InChI is InChI=1S/C14H18Br2FNO2S/c1-10-3-2-6-14(8-10,9-15)18-21(19,20)13-5-4-11(16)7-12(13)17/h4-5,7,10,18H,2-3,6,8-9H2,1H3. The number of sulfonamides is 1. The number of rotatable bonds is 4. The molecular weight excluding hydrogens is 425 g/mol. The molecule has 0 heterocycles. The first-order valence-corrected chi connectivity index (χ1v) is 10.2. The van der Waals surface area contributed by atoms with Crippen LogP contribution in [0.25, 0.3) is 0 Å². The lowest BCUT2D eigenvalue weighted by molar-refractivity contribution is 0.241. The van der Waals surface area contributed by atoms with Gasteiger partial charge < -0.3 is 0 Å². The third-order valence-corrected chi connectivity index (χ3v) is 7.06. The van der Waals surface area contributed by atoms with Crippen molar-refractivity contribution in [2.45, 2.75) is 43.0 Å². The highest BCUT2D eigenvalue weighted by atomic mass is 79.9. The summed E-state index contributed by atoms with van der Waals surface area (Å²) in [6.07, 6.45) is 3.59. The Kier molecular flexibility index (Phi) is 5.50. The predicted molar refractivity (Wildman–Crippen MR) is 88.6 cm³/mol. The fourth-order valence-electron chi connectivity index (χ4n) is 2.93. The summed E-state index contributed by atoms with van der Waals surface area (Å²) in [5, 5.41) is 0.529. The average molecular weight is 443 g/mol. The third kappa shape index (κ3) is 4.06. The molecule has 1 saturated carbocycles. The molecule has 1 aliphatic rings. The van der Waals surface area contributed by atoms with E-state index in [0.717, 1.165) is 25.7 Å². The topological polar surface area (TPSA) is 46.2 Å². The molecule has 118 valence electrons. The van der Waals surface area contributed by atoms with Crippen molar-refractivity contribution in [2.24, 2.45) is 5.92 Å². The van der Waals surface area contributed by atoms with Crippen LogP contribution in [0.1, 0.15) is 32.6 Å². The highest BCUT2D eigenvalue weighted by Crippen LogP contribution is 2.35. The summed E-state index contributed by atoms with van der Waals surface area (Å²) in [4.78, 5) is -0.302. The maximum Gasteiger partial charge on any atom is 0.244 e. The van der Waals surface area contributed by atoms with Gasteiger partial charge in [-0.1, -0.05) is 51.6 Å². The van der Waals surface area contributed by atoms with Crippen molar-refractivity contribution in [1.29, 1.82) is 0 Å². The average Bonchev–Trinajstić information content (AvgIpc) is 2.37. The molecule has 3 nitrogen and oxygen atoms in total. The largest absolute Gasteiger partial charge is 0.244 e. The highest BCUT2D eigenvalue weighted by molar-refractivity contribution is 9.10. The van der Waals surface area contributed by atoms with Crippen LogP contribution in [-0.4, -0.2) is 19.3 Å². The van der Waals surface area contributed by atoms with Gasteiger partial charge in [-0.2, -0.15) is 0 Å². The van der Waals surface area contributed by atoms with Crippen LogP contribution in [0, 0.1) is 11.7 Å². The minimum atomic E-state index is -3.88. The lowest BCUT2D eigenvalue weighted by Gasteiger charge is -2.39. The van der Waals surface area contributed by atoms with E-state index in [1.54, 1.807) is 0 Å². The van der Waals surface area contributed by atoms with E-state index in [1.165, 1.54) is 18.2 Å². The van der Waals surface area contributed by atoms with Crippen LogP contribution in [-0.2, 0) is 10.0 Å². The van der Waals surface area contributed by atoms with Gasteiger partial charge in [0, 0.05) is 15.3 Å². The molecule has 0 aliphatic heterocycles. The molecule has 21 heavy (non-hydrogen) atoms. The summed E-state index contributed by atoms with van der Waals surface area (Å²) in [6, 6.07) is 3.98. The number of benzene rings is 1. The Balaban J connectivity index is 2.31. The lowest BCUT2D eigenvalue weighted by atomic mass is 9.78. The second-order valence-electron chi connectivity index (χ2n) is 5.80. The SMILES string of the molecule is CC1CCCC(CBr)(NS(=O)(=O)c2ccc(Br)cc2F)C1. The number of alkyl halides is 1. The Morgan fingerprint density at radius 2 is 2.19 bits per heavy atom. The van der Waals surface area contributed by atoms with Crippen LogP contribution in [0.3, 0.4) is 0 Å². The second-order valence-corrected chi connectivity index (χ2v) is 8.92. The van der Waals surface area contributed by atoms with Gasteiger partial charge in [0.15, 0.2) is 0 Å². The zero-order valence-corrected chi connectivity index (χ0v) is 15.7. The van der Waals surface area contributed by atoms with E-state index >= 15 is 0 Å². The Morgan fingerprint density at radius 3 is 2.76 bits per heavy atom. The van der Waals surface area contributed by atoms with Gasteiger partial charge in [0.2, 0.25) is 10.0 Å². The Labute approximate surface area is 142 Å². The number of hydrogen-bond acceptors (Lipinski definition) is 2. The van der Waals surface area contributed by atoms with Crippen LogP contribution in [0.2, 0.25) is 0 Å². The third-order valence-electron chi connectivity index (χ3n) is 3.88. The summed E-state index contributed by atoms with van der Waals surface area (Å²) in [6.45, 7) is 2.12. The van der Waals surface area contributed by atoms with E-state index in [4.69, 9.17) is 0 Å². The van der Waals surface area contributed by atoms with Crippen molar-refractivity contribution in [3.63, 3.8) is 0 Å². The number of hydrogen-bond donors (Lipinski definition) is 1. The van der Waals surface area contributed by atoms with E-state index in [1.807, 2.05) is 0 Å². The number of halogens is 3. The van der Waals surface area contributed by atoms with Gasteiger partial charge in [-0.3, -0.25) is 0 Å². The predicted octanol–water partition coefficient (Wildman–Crippen LogP) is 4.21. The summed E-state index contributed by atoms with van der Waals surface area (Å²) in [7, 11) is -3.88. The lowest BCUT2D eigenvalue weighted by Crippen LogP contribution is -2.52. The summed E-state index contributed by atoms with van der Waals surface area (Å²) >= 11 is 6.55. The molecule has 0 saturated heterocycles. The summed E-state index contributed by atoms with van der Waals surface area (Å²) in [5.74, 6) is -0.292. The monoisotopic (exact) mass is 441 g/mol. The fourth-order valence-corrected chi connectivity index (χ4v) is 5.60.